The summed E-state index contributed by atoms with van der Waals surface area (Å²) < 4.78 is 11.0. The average molecular weight is 626 g/mol. The van der Waals surface area contributed by atoms with Gasteiger partial charge in [-0.3, -0.25) is 4.79 Å². The quantitative estimate of drug-likeness (QED) is 0.209. The Morgan fingerprint density at radius 3 is 2.44 bits per heavy atom. The number of ether oxygens (including phenoxy) is 1. The van der Waals surface area contributed by atoms with E-state index in [1.165, 1.54) is 41.7 Å². The first-order valence-electron chi connectivity index (χ1n) is 14.3. The van der Waals surface area contributed by atoms with Crippen molar-refractivity contribution < 1.29 is 14.3 Å². The van der Waals surface area contributed by atoms with Gasteiger partial charge in [0.2, 0.25) is 0 Å². The van der Waals surface area contributed by atoms with Gasteiger partial charge in [0.15, 0.2) is 5.43 Å². The van der Waals surface area contributed by atoms with E-state index >= 15 is 0 Å². The number of benzene rings is 3. The summed E-state index contributed by atoms with van der Waals surface area (Å²) in [6.07, 6.45) is 5.90. The number of aromatic hydroxyl groups is 1. The van der Waals surface area contributed by atoms with Crippen LogP contribution < -0.4 is 15.1 Å². The van der Waals surface area contributed by atoms with Gasteiger partial charge >= 0.3 is 0 Å². The molecule has 0 radical (unpaired) electrons. The lowest BCUT2D eigenvalue weighted by Crippen LogP contribution is -2.24. The fourth-order valence-electron chi connectivity index (χ4n) is 5.31. The van der Waals surface area contributed by atoms with Gasteiger partial charge < -0.3 is 24.1 Å². The molecule has 1 aliphatic heterocycles. The van der Waals surface area contributed by atoms with Crippen LogP contribution in [0, 0.1) is 6.92 Å². The predicted molar refractivity (Wildman–Crippen MR) is 181 cm³/mol. The molecule has 1 aliphatic rings. The van der Waals surface area contributed by atoms with Crippen LogP contribution >= 0.6 is 24.0 Å². The normalized spacial score (nSPS) is 12.0. The third kappa shape index (κ3) is 8.35. The zero-order chi connectivity index (χ0) is 30.4. The summed E-state index contributed by atoms with van der Waals surface area (Å²) in [5.41, 5.74) is 7.50. The van der Waals surface area contributed by atoms with E-state index in [1.807, 2.05) is 26.0 Å². The first kappa shape index (κ1) is 34.0. The number of hydrogen-bond acceptors (Lipinski definition) is 6. The van der Waals surface area contributed by atoms with Crippen molar-refractivity contribution in [3.8, 4) is 11.5 Å². The summed E-state index contributed by atoms with van der Waals surface area (Å²) in [5.74, 6) is 0.904. The number of phenols is 1. The van der Waals surface area contributed by atoms with Crippen LogP contribution in [0.1, 0.15) is 42.7 Å². The van der Waals surface area contributed by atoms with E-state index in [4.69, 9.17) is 20.8 Å². The second-order valence-electron chi connectivity index (χ2n) is 11.2. The van der Waals surface area contributed by atoms with Crippen molar-refractivity contribution in [1.82, 2.24) is 4.90 Å². The number of allylic oxidation sites excluding steroid dienone is 2. The Morgan fingerprint density at radius 2 is 1.77 bits per heavy atom. The Labute approximate surface area is 265 Å². The van der Waals surface area contributed by atoms with Gasteiger partial charge in [0, 0.05) is 40.6 Å². The van der Waals surface area contributed by atoms with E-state index < -0.39 is 0 Å². The van der Waals surface area contributed by atoms with E-state index in [9.17, 15) is 9.90 Å². The molecule has 0 spiro atoms. The predicted octanol–water partition coefficient (Wildman–Crippen LogP) is 8.27. The van der Waals surface area contributed by atoms with Crippen LogP contribution in [0.3, 0.4) is 0 Å². The highest BCUT2D eigenvalue weighted by molar-refractivity contribution is 6.30. The first-order chi connectivity index (χ1) is 20.1. The molecule has 0 saturated carbocycles. The number of halogens is 2. The summed E-state index contributed by atoms with van der Waals surface area (Å²) in [5, 5.41) is 11.0. The molecule has 3 aromatic carbocycles. The molecule has 1 aromatic heterocycles. The zero-order valence-electron chi connectivity index (χ0n) is 25.9. The van der Waals surface area contributed by atoms with Crippen LogP contribution in [0.15, 0.2) is 75.5 Å². The molecule has 0 unspecified atom stereocenters. The van der Waals surface area contributed by atoms with Crippen LogP contribution in [0.4, 0.5) is 11.4 Å². The third-order valence-corrected chi connectivity index (χ3v) is 7.61. The van der Waals surface area contributed by atoms with Crippen molar-refractivity contribution in [1.29, 1.82) is 0 Å². The molecule has 43 heavy (non-hydrogen) atoms. The summed E-state index contributed by atoms with van der Waals surface area (Å²) >= 11 is 6.27. The fraction of sp³-hybridized carbons (Fsp3) is 0.343. The number of nitrogens with zero attached hydrogens (tertiary/aromatic N) is 2. The zero-order valence-corrected chi connectivity index (χ0v) is 27.4. The minimum absolute atomic E-state index is 0. The van der Waals surface area contributed by atoms with Crippen molar-refractivity contribution in [2.24, 2.45) is 0 Å². The molecule has 0 aliphatic carbocycles. The van der Waals surface area contributed by atoms with Gasteiger partial charge in [-0.1, -0.05) is 47.5 Å². The maximum atomic E-state index is 12.0. The lowest BCUT2D eigenvalue weighted by Gasteiger charge is -2.27. The number of methoxy groups -OCH3 is 1. The SMILES string of the molecule is CN(C)CCCN1c2ccccc2CCc2ccc(Cl)cc21.COc1cc(O)c2c(=O)cc(C)oc2c1CC=C(C)C.Cl. The molecule has 2 heterocycles. The molecule has 230 valence electrons. The second kappa shape index (κ2) is 15.3. The Kier molecular flexibility index (Phi) is 12.1. The summed E-state index contributed by atoms with van der Waals surface area (Å²) in [6, 6.07) is 17.9. The molecule has 0 amide bonds. The average Bonchev–Trinajstić information content (AvgIpc) is 3.08. The molecule has 0 fully saturated rings. The van der Waals surface area contributed by atoms with E-state index in [-0.39, 0.29) is 29.0 Å². The number of anilines is 2. The van der Waals surface area contributed by atoms with Gasteiger partial charge in [-0.05, 0) is 96.4 Å². The van der Waals surface area contributed by atoms with E-state index in [2.05, 4.69) is 60.3 Å². The molecule has 5 rings (SSSR count). The summed E-state index contributed by atoms with van der Waals surface area (Å²) in [4.78, 5) is 16.7. The van der Waals surface area contributed by atoms with Gasteiger partial charge in [-0.15, -0.1) is 12.4 Å². The highest BCUT2D eigenvalue weighted by atomic mass is 35.5. The number of rotatable bonds is 7. The van der Waals surface area contributed by atoms with Crippen LogP contribution in [0.5, 0.6) is 11.5 Å². The van der Waals surface area contributed by atoms with Gasteiger partial charge in [-0.2, -0.15) is 0 Å². The Morgan fingerprint density at radius 1 is 1.07 bits per heavy atom. The molecule has 0 atom stereocenters. The smallest absolute Gasteiger partial charge is 0.196 e. The molecular weight excluding hydrogens is 583 g/mol. The highest BCUT2D eigenvalue weighted by Gasteiger charge is 2.20. The van der Waals surface area contributed by atoms with Gasteiger partial charge in [0.05, 0.1) is 7.11 Å². The first-order valence-corrected chi connectivity index (χ1v) is 14.7. The minimum Gasteiger partial charge on any atom is -0.507 e. The number of phenolic OH excluding ortho intramolecular Hbond substituents is 1. The van der Waals surface area contributed by atoms with Crippen LogP contribution in [0.25, 0.3) is 11.0 Å². The minimum atomic E-state index is -0.248. The molecule has 6 nitrogen and oxygen atoms in total. The van der Waals surface area contributed by atoms with Crippen molar-refractivity contribution >= 4 is 46.4 Å². The largest absolute Gasteiger partial charge is 0.507 e. The standard InChI is InChI=1S/C19H23ClN2.C16H18O4.ClH/c1-21(2)12-5-13-22-18-7-4-3-6-15(18)8-9-16-10-11-17(20)14-19(16)22;1-9(2)5-6-11-14(19-4)8-13(18)15-12(17)7-10(3)20-16(11)15;/h3-4,6-7,10-11,14H,5,8-9,12-13H2,1-2H3;5,7-8,18H,6H2,1-4H3;1H. The lowest BCUT2D eigenvalue weighted by molar-refractivity contribution is 0.402. The molecule has 4 aromatic rings. The Bertz CT molecular complexity index is 1640. The van der Waals surface area contributed by atoms with E-state index in [1.54, 1.807) is 6.92 Å². The molecular formula is C35H42Cl2N2O4. The summed E-state index contributed by atoms with van der Waals surface area (Å²) in [6.45, 7) is 7.81. The van der Waals surface area contributed by atoms with Gasteiger partial charge in [0.1, 0.15) is 28.2 Å². The molecule has 1 N–H and O–H groups in total. The van der Waals surface area contributed by atoms with Crippen molar-refractivity contribution in [2.75, 3.05) is 39.2 Å². The summed E-state index contributed by atoms with van der Waals surface area (Å²) in [7, 11) is 5.78. The maximum absolute atomic E-state index is 12.0. The highest BCUT2D eigenvalue weighted by Crippen LogP contribution is 2.38. The number of para-hydroxylation sites is 1. The molecule has 0 bridgehead atoms. The topological polar surface area (TPSA) is 66.2 Å². The lowest BCUT2D eigenvalue weighted by atomic mass is 10.0. The van der Waals surface area contributed by atoms with Gasteiger partial charge in [-0.25, -0.2) is 0 Å². The van der Waals surface area contributed by atoms with Crippen LogP contribution in [-0.4, -0.2) is 44.3 Å². The van der Waals surface area contributed by atoms with E-state index in [0.717, 1.165) is 48.5 Å². The maximum Gasteiger partial charge on any atom is 0.196 e. The molecule has 0 saturated heterocycles. The number of fused-ring (bicyclic) bond motifs is 3. The second-order valence-corrected chi connectivity index (χ2v) is 11.6. The number of hydrogen-bond donors (Lipinski definition) is 1. The Hall–Kier alpha value is -3.45. The number of aryl methyl sites for hydroxylation is 3. The van der Waals surface area contributed by atoms with Crippen molar-refractivity contribution in [3.63, 3.8) is 0 Å². The third-order valence-electron chi connectivity index (χ3n) is 7.37. The van der Waals surface area contributed by atoms with Crippen LogP contribution in [0.2, 0.25) is 5.02 Å². The fourth-order valence-corrected chi connectivity index (χ4v) is 5.48. The molecule has 8 heteroatoms. The van der Waals surface area contributed by atoms with Gasteiger partial charge in [0.25, 0.3) is 0 Å². The van der Waals surface area contributed by atoms with E-state index in [0.29, 0.717) is 23.5 Å². The van der Waals surface area contributed by atoms with Crippen molar-refractivity contribution in [2.45, 2.75) is 46.5 Å². The van der Waals surface area contributed by atoms with Crippen molar-refractivity contribution in [3.05, 3.63) is 104 Å². The Balaban J connectivity index is 0.000000231. The van der Waals surface area contributed by atoms with Crippen LogP contribution in [-0.2, 0) is 19.3 Å². The monoisotopic (exact) mass is 624 g/mol.